The van der Waals surface area contributed by atoms with Gasteiger partial charge in [0.1, 0.15) is 17.0 Å². The quantitative estimate of drug-likeness (QED) is 0.192. The smallest absolute Gasteiger partial charge is 0.219 e. The third kappa shape index (κ3) is 4.33. The molecule has 0 bridgehead atoms. The summed E-state index contributed by atoms with van der Waals surface area (Å²) >= 11 is 2.71. The van der Waals surface area contributed by atoms with E-state index in [1.165, 1.54) is 0 Å². The third-order valence-corrected chi connectivity index (χ3v) is 6.88. The van der Waals surface area contributed by atoms with Gasteiger partial charge in [0.15, 0.2) is 0 Å². The molecule has 0 N–H and O–H groups in total. The molecule has 0 nitrogen and oxygen atoms in total. The van der Waals surface area contributed by atoms with Gasteiger partial charge in [-0.05, 0) is 30.5 Å². The summed E-state index contributed by atoms with van der Waals surface area (Å²) in [6.07, 6.45) is -22.9. The lowest BCUT2D eigenvalue weighted by atomic mass is 9.63. The molecule has 192 valence electrons. The van der Waals surface area contributed by atoms with Crippen LogP contribution in [0.1, 0.15) is 24.0 Å². The Bertz CT molecular complexity index is 1120. The van der Waals surface area contributed by atoms with Gasteiger partial charge in [0, 0.05) is 11.1 Å². The number of hydrogen-bond acceptors (Lipinski definition) is 0. The summed E-state index contributed by atoms with van der Waals surface area (Å²) in [4.78, 5) is 0. The van der Waals surface area contributed by atoms with Crippen molar-refractivity contribution in [2.45, 2.75) is 46.8 Å². The molecular formula is C22H13BrF12. The van der Waals surface area contributed by atoms with Crippen molar-refractivity contribution < 1.29 is 52.7 Å². The van der Waals surface area contributed by atoms with E-state index in [1.54, 1.807) is 0 Å². The van der Waals surface area contributed by atoms with Crippen LogP contribution >= 0.6 is 15.9 Å². The van der Waals surface area contributed by atoms with Crippen molar-refractivity contribution >= 4 is 15.9 Å². The topological polar surface area (TPSA) is 0 Å². The molecule has 0 heterocycles. The van der Waals surface area contributed by atoms with Crippen molar-refractivity contribution in [1.29, 1.82) is 0 Å². The predicted molar refractivity (Wildman–Crippen MR) is 104 cm³/mol. The SMILES string of the molecule is Fc1ccccc1C1(Br)CC(C(F)(C(F)(F)F)C(F)(F)F)=CC(c2ccccc2F)(C(F)(F)F)C1. The van der Waals surface area contributed by atoms with Crippen LogP contribution < -0.4 is 0 Å². The maximum atomic E-state index is 15.1. The van der Waals surface area contributed by atoms with Crippen LogP contribution in [0.2, 0.25) is 0 Å². The number of alkyl halides is 11. The molecular weight excluding hydrogens is 572 g/mol. The first kappa shape index (κ1) is 27.4. The van der Waals surface area contributed by atoms with Crippen LogP contribution in [0.15, 0.2) is 60.2 Å². The number of rotatable bonds is 3. The molecule has 0 saturated heterocycles. The molecule has 0 saturated carbocycles. The molecule has 0 amide bonds. The number of halogens is 13. The monoisotopic (exact) mass is 584 g/mol. The van der Waals surface area contributed by atoms with E-state index in [9.17, 15) is 48.3 Å². The van der Waals surface area contributed by atoms with Crippen molar-refractivity contribution in [3.63, 3.8) is 0 Å². The Kier molecular flexibility index (Phi) is 6.61. The summed E-state index contributed by atoms with van der Waals surface area (Å²) in [5.41, 5.74) is -14.6. The summed E-state index contributed by atoms with van der Waals surface area (Å²) < 4.78 is 167. The Labute approximate surface area is 198 Å². The molecule has 2 atom stereocenters. The Morgan fingerprint density at radius 3 is 1.49 bits per heavy atom. The normalized spacial score (nSPS) is 24.3. The molecule has 0 aliphatic heterocycles. The van der Waals surface area contributed by atoms with Gasteiger partial charge in [-0.2, -0.15) is 39.5 Å². The summed E-state index contributed by atoms with van der Waals surface area (Å²) in [6.45, 7) is 0. The second kappa shape index (κ2) is 8.45. The molecule has 2 aromatic rings. The molecule has 3 rings (SSSR count). The minimum absolute atomic E-state index is 0.512. The summed E-state index contributed by atoms with van der Waals surface area (Å²) in [5.74, 6) is -2.90. The van der Waals surface area contributed by atoms with Gasteiger partial charge in [-0.25, -0.2) is 13.2 Å². The zero-order valence-corrected chi connectivity index (χ0v) is 18.6. The predicted octanol–water partition coefficient (Wildman–Crippen LogP) is 8.61. The fourth-order valence-electron chi connectivity index (χ4n) is 4.30. The lowest BCUT2D eigenvalue weighted by Crippen LogP contribution is -2.58. The summed E-state index contributed by atoms with van der Waals surface area (Å²) in [5, 5.41) is 0. The van der Waals surface area contributed by atoms with E-state index >= 15 is 4.39 Å². The Hall–Kier alpha value is -2.18. The molecule has 0 fully saturated rings. The highest BCUT2D eigenvalue weighted by Crippen LogP contribution is 2.63. The van der Waals surface area contributed by atoms with E-state index in [1.807, 2.05) is 0 Å². The fourth-order valence-corrected chi connectivity index (χ4v) is 5.36. The first-order chi connectivity index (χ1) is 15.8. The number of hydrogen-bond donors (Lipinski definition) is 0. The van der Waals surface area contributed by atoms with Crippen molar-refractivity contribution in [2.75, 3.05) is 0 Å². The molecule has 1 aliphatic carbocycles. The van der Waals surface area contributed by atoms with Crippen molar-refractivity contribution in [3.05, 3.63) is 82.9 Å². The first-order valence-corrected chi connectivity index (χ1v) is 10.4. The van der Waals surface area contributed by atoms with Crippen molar-refractivity contribution in [1.82, 2.24) is 0 Å². The molecule has 35 heavy (non-hydrogen) atoms. The van der Waals surface area contributed by atoms with Gasteiger partial charge in [-0.1, -0.05) is 58.4 Å². The van der Waals surface area contributed by atoms with Gasteiger partial charge in [0.2, 0.25) is 0 Å². The maximum Gasteiger partial charge on any atom is 0.435 e. The molecule has 2 aromatic carbocycles. The van der Waals surface area contributed by atoms with E-state index in [-0.39, 0.29) is 0 Å². The largest absolute Gasteiger partial charge is 0.435 e. The highest BCUT2D eigenvalue weighted by Gasteiger charge is 2.76. The average molecular weight is 585 g/mol. The van der Waals surface area contributed by atoms with E-state index < -0.39 is 81.2 Å². The maximum absolute atomic E-state index is 15.1. The standard InChI is InChI=1S/C22H13BrF12/c23-18(14-6-2-4-8-16(14)25)10-12(19(26,21(30,31)32)22(33,34)35)9-17(11-18,20(27,28)29)13-5-1-3-7-15(13)24/h1-9H,10-11H2. The zero-order chi connectivity index (χ0) is 26.7. The van der Waals surface area contributed by atoms with Gasteiger partial charge < -0.3 is 0 Å². The van der Waals surface area contributed by atoms with Crippen LogP contribution in [0.25, 0.3) is 0 Å². The van der Waals surface area contributed by atoms with Crippen LogP contribution in [0.4, 0.5) is 52.7 Å². The van der Waals surface area contributed by atoms with Crippen LogP contribution in [-0.4, -0.2) is 24.2 Å². The van der Waals surface area contributed by atoms with E-state index in [0.29, 0.717) is 18.2 Å². The van der Waals surface area contributed by atoms with Gasteiger partial charge >= 0.3 is 24.2 Å². The average Bonchev–Trinajstić information content (AvgIpc) is 2.70. The number of allylic oxidation sites excluding steroid dienone is 2. The molecule has 0 radical (unpaired) electrons. The lowest BCUT2D eigenvalue weighted by Gasteiger charge is -2.47. The van der Waals surface area contributed by atoms with Crippen molar-refractivity contribution in [2.24, 2.45) is 0 Å². The van der Waals surface area contributed by atoms with Crippen LogP contribution in [0.5, 0.6) is 0 Å². The summed E-state index contributed by atoms with van der Waals surface area (Å²) in [7, 11) is 0. The Morgan fingerprint density at radius 1 is 0.657 bits per heavy atom. The number of benzene rings is 2. The third-order valence-electron chi connectivity index (χ3n) is 5.89. The van der Waals surface area contributed by atoms with Gasteiger partial charge in [0.25, 0.3) is 0 Å². The Balaban J connectivity index is 2.49. The minimum atomic E-state index is -6.75. The summed E-state index contributed by atoms with van der Waals surface area (Å²) in [6, 6.07) is 6.55. The molecule has 0 aromatic heterocycles. The molecule has 13 heteroatoms. The Morgan fingerprint density at radius 2 is 1.09 bits per heavy atom. The van der Waals surface area contributed by atoms with E-state index in [2.05, 4.69) is 15.9 Å². The second-order valence-electron chi connectivity index (χ2n) is 8.07. The zero-order valence-electron chi connectivity index (χ0n) is 17.0. The van der Waals surface area contributed by atoms with E-state index in [0.717, 1.165) is 30.3 Å². The van der Waals surface area contributed by atoms with Crippen molar-refractivity contribution in [3.8, 4) is 0 Å². The second-order valence-corrected chi connectivity index (χ2v) is 9.59. The van der Waals surface area contributed by atoms with E-state index in [4.69, 9.17) is 0 Å². The fraction of sp³-hybridized carbons (Fsp3) is 0.364. The van der Waals surface area contributed by atoms with Gasteiger partial charge in [0.05, 0.1) is 4.32 Å². The van der Waals surface area contributed by atoms with Crippen LogP contribution in [0, 0.1) is 11.6 Å². The first-order valence-electron chi connectivity index (χ1n) is 9.60. The molecule has 0 spiro atoms. The van der Waals surface area contributed by atoms with Crippen LogP contribution in [0.3, 0.4) is 0 Å². The minimum Gasteiger partial charge on any atom is -0.219 e. The highest BCUT2D eigenvalue weighted by molar-refractivity contribution is 9.09. The van der Waals surface area contributed by atoms with Gasteiger partial charge in [-0.3, -0.25) is 0 Å². The highest BCUT2D eigenvalue weighted by atomic mass is 79.9. The molecule has 2 unspecified atom stereocenters. The van der Waals surface area contributed by atoms with Crippen LogP contribution in [-0.2, 0) is 9.74 Å². The lowest BCUT2D eigenvalue weighted by molar-refractivity contribution is -0.328. The van der Waals surface area contributed by atoms with Gasteiger partial charge in [-0.15, -0.1) is 0 Å². The molecule has 1 aliphatic rings.